The third kappa shape index (κ3) is 3.22. The molecule has 5 heteroatoms. The van der Waals surface area contributed by atoms with Crippen LogP contribution in [0.15, 0.2) is 46.7 Å². The van der Waals surface area contributed by atoms with E-state index in [1.165, 1.54) is 5.23 Å². The molecular formula is C12H15ClN4. The normalized spacial score (nSPS) is 15.4. The van der Waals surface area contributed by atoms with E-state index in [9.17, 15) is 0 Å². The minimum Gasteiger partial charge on any atom is -0.256 e. The van der Waals surface area contributed by atoms with E-state index in [2.05, 4.69) is 16.0 Å². The second-order valence-corrected chi connectivity index (χ2v) is 4.46. The molecule has 0 saturated heterocycles. The predicted molar refractivity (Wildman–Crippen MR) is 70.2 cm³/mol. The maximum atomic E-state index is 6.03. The van der Waals surface area contributed by atoms with E-state index >= 15 is 0 Å². The van der Waals surface area contributed by atoms with Gasteiger partial charge in [0.15, 0.2) is 0 Å². The SMILES string of the molecule is CC(C)NN1N=C(c2ccccc2)C=C(Cl)N1. The molecule has 1 aromatic rings. The van der Waals surface area contributed by atoms with Crippen molar-refractivity contribution in [1.29, 1.82) is 0 Å². The summed E-state index contributed by atoms with van der Waals surface area (Å²) < 4.78 is 0. The Morgan fingerprint density at radius 3 is 2.65 bits per heavy atom. The van der Waals surface area contributed by atoms with E-state index in [0.29, 0.717) is 5.16 Å². The quantitative estimate of drug-likeness (QED) is 0.808. The van der Waals surface area contributed by atoms with Crippen LogP contribution in [0.5, 0.6) is 0 Å². The molecule has 0 amide bonds. The number of hydrogen-bond donors (Lipinski definition) is 2. The van der Waals surface area contributed by atoms with Gasteiger partial charge in [-0.2, -0.15) is 5.43 Å². The number of hydrazone groups is 1. The third-order valence-electron chi connectivity index (χ3n) is 2.13. The molecule has 0 unspecified atom stereocenters. The van der Waals surface area contributed by atoms with E-state index < -0.39 is 0 Å². The number of allylic oxidation sites excluding steroid dienone is 1. The van der Waals surface area contributed by atoms with Gasteiger partial charge in [-0.25, -0.2) is 0 Å². The predicted octanol–water partition coefficient (Wildman–Crippen LogP) is 2.20. The summed E-state index contributed by atoms with van der Waals surface area (Å²) >= 11 is 6.03. The zero-order chi connectivity index (χ0) is 12.3. The smallest absolute Gasteiger partial charge is 0.125 e. The summed E-state index contributed by atoms with van der Waals surface area (Å²) in [5, 5.41) is 6.48. The number of nitrogens with zero attached hydrogens (tertiary/aromatic N) is 2. The second-order valence-electron chi connectivity index (χ2n) is 4.05. The number of hydrazine groups is 2. The Hall–Kier alpha value is -1.52. The van der Waals surface area contributed by atoms with Gasteiger partial charge in [0.05, 0.1) is 5.71 Å². The fourth-order valence-electron chi connectivity index (χ4n) is 1.47. The highest BCUT2D eigenvalue weighted by Crippen LogP contribution is 2.11. The summed E-state index contributed by atoms with van der Waals surface area (Å²) in [7, 11) is 0. The monoisotopic (exact) mass is 250 g/mol. The maximum absolute atomic E-state index is 6.03. The first kappa shape index (κ1) is 12.0. The highest BCUT2D eigenvalue weighted by Gasteiger charge is 2.13. The van der Waals surface area contributed by atoms with E-state index in [1.807, 2.05) is 44.2 Å². The first-order valence-corrected chi connectivity index (χ1v) is 5.87. The molecule has 1 aromatic carbocycles. The average Bonchev–Trinajstić information content (AvgIpc) is 2.28. The van der Waals surface area contributed by atoms with E-state index in [0.717, 1.165) is 11.3 Å². The Labute approximate surface area is 106 Å². The van der Waals surface area contributed by atoms with Gasteiger partial charge in [0, 0.05) is 17.7 Å². The van der Waals surface area contributed by atoms with Gasteiger partial charge in [-0.3, -0.25) is 5.43 Å². The molecule has 0 spiro atoms. The van der Waals surface area contributed by atoms with Crippen molar-refractivity contribution >= 4 is 17.3 Å². The summed E-state index contributed by atoms with van der Waals surface area (Å²) in [6, 6.07) is 10.2. The minimum absolute atomic E-state index is 0.269. The molecule has 17 heavy (non-hydrogen) atoms. The van der Waals surface area contributed by atoms with Gasteiger partial charge < -0.3 is 0 Å². The molecule has 1 heterocycles. The van der Waals surface area contributed by atoms with Crippen molar-refractivity contribution in [2.24, 2.45) is 5.10 Å². The number of halogens is 1. The molecule has 0 bridgehead atoms. The molecule has 0 atom stereocenters. The lowest BCUT2D eigenvalue weighted by molar-refractivity contribution is 0.123. The van der Waals surface area contributed by atoms with Crippen LogP contribution in [0.1, 0.15) is 19.4 Å². The molecule has 2 rings (SSSR count). The zero-order valence-electron chi connectivity index (χ0n) is 9.81. The summed E-state index contributed by atoms with van der Waals surface area (Å²) in [6.07, 6.45) is 1.80. The summed E-state index contributed by atoms with van der Waals surface area (Å²) in [5.74, 6) is 0. The zero-order valence-corrected chi connectivity index (χ0v) is 10.6. The molecule has 0 fully saturated rings. The fraction of sp³-hybridized carbons (Fsp3) is 0.250. The van der Waals surface area contributed by atoms with Crippen LogP contribution in [0.25, 0.3) is 0 Å². The lowest BCUT2D eigenvalue weighted by Gasteiger charge is -2.26. The number of hydrogen-bond acceptors (Lipinski definition) is 4. The summed E-state index contributed by atoms with van der Waals surface area (Å²) in [5.41, 5.74) is 7.88. The van der Waals surface area contributed by atoms with E-state index in [4.69, 9.17) is 11.6 Å². The highest BCUT2D eigenvalue weighted by molar-refractivity contribution is 6.31. The first-order chi connectivity index (χ1) is 8.15. The maximum Gasteiger partial charge on any atom is 0.125 e. The molecule has 0 aromatic heterocycles. The van der Waals surface area contributed by atoms with Gasteiger partial charge in [0.1, 0.15) is 5.16 Å². The van der Waals surface area contributed by atoms with Crippen molar-refractivity contribution in [2.45, 2.75) is 19.9 Å². The lowest BCUT2D eigenvalue weighted by Crippen LogP contribution is -2.48. The van der Waals surface area contributed by atoms with Gasteiger partial charge in [-0.1, -0.05) is 41.9 Å². The van der Waals surface area contributed by atoms with Crippen LogP contribution < -0.4 is 10.9 Å². The fourth-order valence-corrected chi connectivity index (χ4v) is 1.65. The molecule has 1 aliphatic rings. The lowest BCUT2D eigenvalue weighted by atomic mass is 10.1. The van der Waals surface area contributed by atoms with Crippen LogP contribution in [0.3, 0.4) is 0 Å². The Bertz CT molecular complexity index is 439. The van der Waals surface area contributed by atoms with Gasteiger partial charge in [-0.05, 0) is 13.8 Å². The van der Waals surface area contributed by atoms with Crippen LogP contribution in [-0.2, 0) is 0 Å². The van der Waals surface area contributed by atoms with Crippen molar-refractivity contribution in [3.8, 4) is 0 Å². The van der Waals surface area contributed by atoms with Gasteiger partial charge >= 0.3 is 0 Å². The first-order valence-electron chi connectivity index (χ1n) is 5.49. The second kappa shape index (κ2) is 5.21. The number of benzene rings is 1. The summed E-state index contributed by atoms with van der Waals surface area (Å²) in [4.78, 5) is 0. The van der Waals surface area contributed by atoms with Gasteiger partial charge in [0.2, 0.25) is 0 Å². The molecule has 4 nitrogen and oxygen atoms in total. The standard InChI is InChI=1S/C12H15ClN4/c1-9(2)14-17-15-11(8-12(13)16-17)10-6-4-3-5-7-10/h3-9,14,16H,1-2H3. The molecule has 0 saturated carbocycles. The molecule has 0 aliphatic carbocycles. The number of rotatable bonds is 3. The Balaban J connectivity index is 2.23. The van der Waals surface area contributed by atoms with Crippen LogP contribution in [0, 0.1) is 0 Å². The average molecular weight is 251 g/mol. The van der Waals surface area contributed by atoms with Gasteiger partial charge in [-0.15, -0.1) is 10.3 Å². The highest BCUT2D eigenvalue weighted by atomic mass is 35.5. The molecule has 90 valence electrons. The van der Waals surface area contributed by atoms with Crippen molar-refractivity contribution in [2.75, 3.05) is 0 Å². The minimum atomic E-state index is 0.269. The molecule has 1 aliphatic heterocycles. The van der Waals surface area contributed by atoms with Crippen molar-refractivity contribution in [3.05, 3.63) is 47.1 Å². The van der Waals surface area contributed by atoms with Crippen molar-refractivity contribution < 1.29 is 0 Å². The Morgan fingerprint density at radius 1 is 1.29 bits per heavy atom. The van der Waals surface area contributed by atoms with Crippen molar-refractivity contribution in [3.63, 3.8) is 0 Å². The number of nitrogens with one attached hydrogen (secondary N) is 2. The Kier molecular flexibility index (Phi) is 3.66. The molecule has 0 radical (unpaired) electrons. The van der Waals surface area contributed by atoms with Crippen LogP contribution in [-0.4, -0.2) is 17.0 Å². The molecular weight excluding hydrogens is 236 g/mol. The summed E-state index contributed by atoms with van der Waals surface area (Å²) in [6.45, 7) is 4.07. The van der Waals surface area contributed by atoms with Crippen molar-refractivity contribution in [1.82, 2.24) is 16.1 Å². The Morgan fingerprint density at radius 2 is 2.00 bits per heavy atom. The van der Waals surface area contributed by atoms with E-state index in [-0.39, 0.29) is 6.04 Å². The third-order valence-corrected chi connectivity index (χ3v) is 2.33. The van der Waals surface area contributed by atoms with Crippen LogP contribution in [0.4, 0.5) is 0 Å². The van der Waals surface area contributed by atoms with Crippen LogP contribution >= 0.6 is 11.6 Å². The van der Waals surface area contributed by atoms with E-state index in [1.54, 1.807) is 6.08 Å². The molecule has 2 N–H and O–H groups in total. The van der Waals surface area contributed by atoms with Crippen LogP contribution in [0.2, 0.25) is 0 Å². The largest absolute Gasteiger partial charge is 0.256 e. The topological polar surface area (TPSA) is 39.7 Å². The van der Waals surface area contributed by atoms with Gasteiger partial charge in [0.25, 0.3) is 0 Å².